The largest absolute Gasteiger partial charge is 0.506 e. The Morgan fingerprint density at radius 2 is 2.25 bits per heavy atom. The molecule has 0 spiro atoms. The first-order chi connectivity index (χ1) is 9.52. The van der Waals surface area contributed by atoms with Crippen LogP contribution in [0.5, 0.6) is 5.75 Å². The number of hydrogen-bond donors (Lipinski definition) is 2. The second-order valence-corrected chi connectivity index (χ2v) is 7.23. The van der Waals surface area contributed by atoms with Crippen LogP contribution in [-0.4, -0.2) is 32.7 Å². The number of rotatable bonds is 4. The molecule has 8 heteroatoms. The third-order valence-electron chi connectivity index (χ3n) is 2.45. The van der Waals surface area contributed by atoms with Crippen LogP contribution in [0.3, 0.4) is 0 Å². The van der Waals surface area contributed by atoms with Crippen LogP contribution in [0.15, 0.2) is 33.5 Å². The van der Waals surface area contributed by atoms with Gasteiger partial charge in [-0.2, -0.15) is 0 Å². The highest BCUT2D eigenvalue weighted by atomic mass is 32.2. The van der Waals surface area contributed by atoms with Gasteiger partial charge in [-0.15, -0.1) is 11.8 Å². The van der Waals surface area contributed by atoms with Gasteiger partial charge < -0.3 is 5.11 Å². The Bertz CT molecular complexity index is 670. The zero-order chi connectivity index (χ0) is 14.7. The predicted molar refractivity (Wildman–Crippen MR) is 82.3 cm³/mol. The van der Waals surface area contributed by atoms with Gasteiger partial charge in [-0.25, -0.2) is 4.98 Å². The van der Waals surface area contributed by atoms with Crippen LogP contribution in [0.2, 0.25) is 0 Å². The van der Waals surface area contributed by atoms with Gasteiger partial charge in [0.15, 0.2) is 5.13 Å². The van der Waals surface area contributed by atoms with E-state index in [9.17, 15) is 14.1 Å². The molecule has 0 aliphatic carbocycles. The van der Waals surface area contributed by atoms with Gasteiger partial charge >= 0.3 is 0 Å². The summed E-state index contributed by atoms with van der Waals surface area (Å²) in [6.07, 6.45) is 4.84. The fourth-order valence-electron chi connectivity index (χ4n) is 1.48. The Hall–Kier alpha value is -1.38. The van der Waals surface area contributed by atoms with Gasteiger partial charge in [-0.1, -0.05) is 17.4 Å². The van der Waals surface area contributed by atoms with E-state index in [0.29, 0.717) is 14.2 Å². The number of amides is 1. The molecule has 1 amide bonds. The molecule has 1 heterocycles. The number of anilines is 1. The van der Waals surface area contributed by atoms with Gasteiger partial charge in [0.2, 0.25) is 0 Å². The first-order valence-electron chi connectivity index (χ1n) is 5.49. The zero-order valence-corrected chi connectivity index (χ0v) is 13.2. The number of aromatic hydroxyl groups is 1. The topological polar surface area (TPSA) is 79.3 Å². The summed E-state index contributed by atoms with van der Waals surface area (Å²) in [5.41, 5.74) is 0.186. The molecule has 1 aromatic carbocycles. The van der Waals surface area contributed by atoms with E-state index in [-0.39, 0.29) is 11.3 Å². The summed E-state index contributed by atoms with van der Waals surface area (Å²) in [5, 5.41) is 12.9. The van der Waals surface area contributed by atoms with Crippen LogP contribution < -0.4 is 5.32 Å². The van der Waals surface area contributed by atoms with Gasteiger partial charge in [0, 0.05) is 11.2 Å². The number of aromatic nitrogens is 1. The molecule has 2 N–H and O–H groups in total. The molecule has 5 nitrogen and oxygen atoms in total. The predicted octanol–water partition coefficient (Wildman–Crippen LogP) is 2.56. The number of thioether (sulfide) groups is 1. The average Bonchev–Trinajstić information content (AvgIpc) is 2.87. The number of thiazole rings is 1. The first-order valence-corrected chi connectivity index (χ1v) is 9.09. The minimum absolute atomic E-state index is 0.0478. The number of carbonyl (C=O) groups excluding carboxylic acids is 1. The molecule has 0 aliphatic rings. The normalized spacial score (nSPS) is 12.1. The van der Waals surface area contributed by atoms with Crippen LogP contribution in [0.4, 0.5) is 5.13 Å². The number of para-hydroxylation sites is 1. The summed E-state index contributed by atoms with van der Waals surface area (Å²) in [4.78, 5) is 16.7. The molecule has 2 aromatic rings. The molecule has 2 rings (SSSR count). The number of benzene rings is 1. The minimum atomic E-state index is -1.12. The molecule has 0 saturated carbocycles. The Morgan fingerprint density at radius 3 is 2.85 bits per heavy atom. The molecule has 1 unspecified atom stereocenters. The molecule has 0 radical (unpaired) electrons. The van der Waals surface area contributed by atoms with Crippen LogP contribution >= 0.6 is 23.1 Å². The van der Waals surface area contributed by atoms with Gasteiger partial charge in [0.1, 0.15) is 9.96 Å². The van der Waals surface area contributed by atoms with E-state index in [1.807, 2.05) is 6.26 Å². The number of phenols is 1. The van der Waals surface area contributed by atoms with Crippen LogP contribution in [-0.2, 0) is 10.8 Å². The maximum absolute atomic E-state index is 12.1. The monoisotopic (exact) mass is 328 g/mol. The van der Waals surface area contributed by atoms with Crippen molar-refractivity contribution in [1.82, 2.24) is 4.98 Å². The lowest BCUT2D eigenvalue weighted by atomic mass is 10.2. The van der Waals surface area contributed by atoms with Crippen molar-refractivity contribution in [2.24, 2.45) is 0 Å². The van der Waals surface area contributed by atoms with Crippen molar-refractivity contribution < 1.29 is 14.1 Å². The van der Waals surface area contributed by atoms with E-state index in [4.69, 9.17) is 0 Å². The van der Waals surface area contributed by atoms with Gasteiger partial charge in [0.05, 0.1) is 22.6 Å². The molecule has 0 fully saturated rings. The van der Waals surface area contributed by atoms with Crippen molar-refractivity contribution in [3.05, 3.63) is 30.0 Å². The molecule has 0 saturated heterocycles. The van der Waals surface area contributed by atoms with E-state index in [1.54, 1.807) is 18.4 Å². The number of phenolic OH excluding ortho intramolecular Hbond substituents is 1. The second kappa shape index (κ2) is 6.38. The molecule has 106 valence electrons. The van der Waals surface area contributed by atoms with Crippen molar-refractivity contribution in [3.8, 4) is 5.75 Å². The van der Waals surface area contributed by atoms with E-state index in [0.717, 1.165) is 11.3 Å². The fraction of sp³-hybridized carbons (Fsp3) is 0.167. The van der Waals surface area contributed by atoms with Crippen molar-refractivity contribution in [2.75, 3.05) is 17.8 Å². The summed E-state index contributed by atoms with van der Waals surface area (Å²) in [6, 6.07) is 4.98. The summed E-state index contributed by atoms with van der Waals surface area (Å²) in [7, 11) is -1.12. The Labute approximate surface area is 126 Å². The molecule has 0 bridgehead atoms. The zero-order valence-electron chi connectivity index (χ0n) is 10.7. The summed E-state index contributed by atoms with van der Waals surface area (Å²) in [6.45, 7) is 0. The third-order valence-corrected chi connectivity index (χ3v) is 5.55. The standard InChI is InChI=1S/C12H12N2O3S3/c1-18-8-5-3-4-7(10(8)15)11(16)14-12-13-6-9(19-12)20(2)17/h3-6,15H,1-2H3,(H,13,14,16). The SMILES string of the molecule is CSc1cccc(C(=O)Nc2ncc(S(C)=O)s2)c1O. The van der Waals surface area contributed by atoms with Crippen molar-refractivity contribution in [2.45, 2.75) is 9.10 Å². The minimum Gasteiger partial charge on any atom is -0.506 e. The lowest BCUT2D eigenvalue weighted by Gasteiger charge is -2.07. The van der Waals surface area contributed by atoms with E-state index < -0.39 is 16.7 Å². The molecule has 0 aliphatic heterocycles. The summed E-state index contributed by atoms with van der Waals surface area (Å²) < 4.78 is 11.9. The maximum atomic E-state index is 12.1. The van der Waals surface area contributed by atoms with Crippen molar-refractivity contribution in [1.29, 1.82) is 0 Å². The third kappa shape index (κ3) is 3.20. The lowest BCUT2D eigenvalue weighted by molar-refractivity contribution is 0.102. The second-order valence-electron chi connectivity index (χ2n) is 3.75. The number of nitrogens with one attached hydrogen (secondary N) is 1. The van der Waals surface area contributed by atoms with Crippen LogP contribution in [0.25, 0.3) is 0 Å². The molecular formula is C12H12N2O3S3. The maximum Gasteiger partial charge on any atom is 0.261 e. The number of hydrogen-bond acceptors (Lipinski definition) is 6. The molecule has 1 aromatic heterocycles. The number of nitrogens with zero attached hydrogens (tertiary/aromatic N) is 1. The van der Waals surface area contributed by atoms with E-state index in [2.05, 4.69) is 10.3 Å². The molecular weight excluding hydrogens is 316 g/mol. The molecule has 1 atom stereocenters. The van der Waals surface area contributed by atoms with Crippen molar-refractivity contribution in [3.63, 3.8) is 0 Å². The molecule has 20 heavy (non-hydrogen) atoms. The highest BCUT2D eigenvalue weighted by Crippen LogP contribution is 2.30. The first kappa shape index (κ1) is 15.0. The Balaban J connectivity index is 2.21. The van der Waals surface area contributed by atoms with Crippen LogP contribution in [0.1, 0.15) is 10.4 Å². The highest BCUT2D eigenvalue weighted by molar-refractivity contribution is 7.98. The summed E-state index contributed by atoms with van der Waals surface area (Å²) in [5.74, 6) is -0.491. The van der Waals surface area contributed by atoms with Gasteiger partial charge in [-0.05, 0) is 18.4 Å². The Kier molecular flexibility index (Phi) is 4.79. The van der Waals surface area contributed by atoms with E-state index >= 15 is 0 Å². The number of carbonyl (C=O) groups is 1. The quantitative estimate of drug-likeness (QED) is 0.843. The smallest absolute Gasteiger partial charge is 0.261 e. The van der Waals surface area contributed by atoms with E-state index in [1.165, 1.54) is 24.0 Å². The lowest BCUT2D eigenvalue weighted by Crippen LogP contribution is -2.11. The van der Waals surface area contributed by atoms with Crippen LogP contribution in [0, 0.1) is 0 Å². The van der Waals surface area contributed by atoms with Crippen molar-refractivity contribution >= 4 is 44.9 Å². The van der Waals surface area contributed by atoms with Gasteiger partial charge in [0.25, 0.3) is 5.91 Å². The Morgan fingerprint density at radius 1 is 1.50 bits per heavy atom. The average molecular weight is 328 g/mol. The summed E-state index contributed by atoms with van der Waals surface area (Å²) >= 11 is 2.51. The van der Waals surface area contributed by atoms with Gasteiger partial charge in [-0.3, -0.25) is 14.3 Å². The fourth-order valence-corrected chi connectivity index (χ4v) is 3.46. The highest BCUT2D eigenvalue weighted by Gasteiger charge is 2.15.